The van der Waals surface area contributed by atoms with Gasteiger partial charge in [0.05, 0.1) is 22.8 Å². The molecule has 1 saturated carbocycles. The molecule has 3 aliphatic heterocycles. The van der Waals surface area contributed by atoms with E-state index in [0.29, 0.717) is 38.6 Å². The zero-order valence-electron chi connectivity index (χ0n) is 33.6. The number of hydrogen-bond donors (Lipinski definition) is 2. The van der Waals surface area contributed by atoms with E-state index in [1.165, 1.54) is 12.1 Å². The number of nitrogens with zero attached hydrogens (tertiary/aromatic N) is 4. The summed E-state index contributed by atoms with van der Waals surface area (Å²) in [4.78, 5) is 59.4. The lowest BCUT2D eigenvalue weighted by Gasteiger charge is -2.63. The number of halogens is 1. The second-order valence-electron chi connectivity index (χ2n) is 16.7. The van der Waals surface area contributed by atoms with Gasteiger partial charge < -0.3 is 19.7 Å². The Morgan fingerprint density at radius 2 is 1.71 bits per heavy atom. The number of benzene rings is 2. The lowest BCUT2D eigenvalue weighted by Crippen LogP contribution is -2.74. The standard InChI is InChI=1S/C43H49ClN6O8S/c1-6-27-10-12-30(24-32(27)44)58-41-42(2,3)40(43(41,4)5)47-37(52)28-11-16-35(45-26-28)49-21-19-48(20-22-49)18-8-7-9-23-57-29-13-14-31-34(25-29)59(55,56)50(39(31)54)33-15-17-36(51)46-38(33)53/h1,10-14,16,24-26,33,40-41H,7-9,15,17-23H2,2-5H3,(H,47,52)(H,46,51,53)/t33?,40-,41-. The summed E-state index contributed by atoms with van der Waals surface area (Å²) in [7, 11) is -4.28. The molecule has 7 rings (SSSR count). The number of anilines is 1. The Labute approximate surface area is 350 Å². The van der Waals surface area contributed by atoms with E-state index in [9.17, 15) is 27.6 Å². The van der Waals surface area contributed by atoms with Crippen LogP contribution in [-0.2, 0) is 19.6 Å². The average Bonchev–Trinajstić information content (AvgIpc) is 3.40. The van der Waals surface area contributed by atoms with Gasteiger partial charge in [-0.25, -0.2) is 17.7 Å². The summed E-state index contributed by atoms with van der Waals surface area (Å²) in [6.07, 6.45) is 9.50. The molecular formula is C43H49ClN6O8S. The molecule has 3 aromatic rings. The smallest absolute Gasteiger partial charge is 0.269 e. The van der Waals surface area contributed by atoms with Gasteiger partial charge in [0.25, 0.3) is 27.7 Å². The van der Waals surface area contributed by atoms with Crippen LogP contribution in [0.15, 0.2) is 59.6 Å². The van der Waals surface area contributed by atoms with E-state index >= 15 is 0 Å². The van der Waals surface area contributed by atoms with Crippen LogP contribution in [0.3, 0.4) is 0 Å². The molecule has 1 aromatic heterocycles. The number of imide groups is 1. The summed E-state index contributed by atoms with van der Waals surface area (Å²) in [5, 5.41) is 5.81. The van der Waals surface area contributed by atoms with E-state index in [1.807, 2.05) is 18.2 Å². The molecule has 1 atom stereocenters. The number of hydrogen-bond acceptors (Lipinski definition) is 11. The number of sulfonamides is 1. The van der Waals surface area contributed by atoms with Crippen molar-refractivity contribution in [2.45, 2.75) is 82.9 Å². The normalized spacial score (nSPS) is 23.1. The Morgan fingerprint density at radius 3 is 2.37 bits per heavy atom. The molecule has 2 N–H and O–H groups in total. The SMILES string of the molecule is C#Cc1ccc(O[C@H]2C(C)(C)[C@H](NC(=O)c3ccc(N4CCN(CCCCCOc5ccc6c(c5)S(=O)(=O)N(C5CCC(=O)NC5=O)C6=O)CC4)nc3)C2(C)C)cc1Cl. The monoisotopic (exact) mass is 844 g/mol. The summed E-state index contributed by atoms with van der Waals surface area (Å²) in [5.74, 6) is 2.08. The maximum atomic E-state index is 13.4. The van der Waals surface area contributed by atoms with Crippen LogP contribution in [0.5, 0.6) is 11.5 Å². The van der Waals surface area contributed by atoms with E-state index < -0.39 is 33.8 Å². The number of unbranched alkanes of at least 4 members (excludes halogenated alkanes) is 2. The first-order chi connectivity index (χ1) is 28.0. The molecule has 0 bridgehead atoms. The molecular weight excluding hydrogens is 796 g/mol. The van der Waals surface area contributed by atoms with E-state index in [2.05, 4.69) is 59.0 Å². The molecule has 0 spiro atoms. The van der Waals surface area contributed by atoms with Gasteiger partial charge in [-0.05, 0) is 68.6 Å². The van der Waals surface area contributed by atoms with Crippen molar-refractivity contribution in [2.24, 2.45) is 10.8 Å². The highest BCUT2D eigenvalue weighted by Gasteiger charge is 2.64. The second kappa shape index (κ2) is 16.5. The predicted molar refractivity (Wildman–Crippen MR) is 221 cm³/mol. The third kappa shape index (κ3) is 8.22. The largest absolute Gasteiger partial charge is 0.494 e. The van der Waals surface area contributed by atoms with Crippen LogP contribution in [-0.4, -0.2) is 104 Å². The van der Waals surface area contributed by atoms with Crippen LogP contribution in [0, 0.1) is 23.2 Å². The maximum Gasteiger partial charge on any atom is 0.269 e. The molecule has 4 aliphatic rings. The molecule has 2 saturated heterocycles. The fourth-order valence-electron chi connectivity index (χ4n) is 9.08. The molecule has 312 valence electrons. The zero-order chi connectivity index (χ0) is 42.3. The number of carbonyl (C=O) groups excluding carboxylic acids is 4. The van der Waals surface area contributed by atoms with Crippen LogP contribution in [0.1, 0.15) is 86.1 Å². The quantitative estimate of drug-likeness (QED) is 0.140. The average molecular weight is 845 g/mol. The number of piperazine rings is 1. The fraction of sp³-hybridized carbons (Fsp3) is 0.465. The van der Waals surface area contributed by atoms with Crippen molar-refractivity contribution < 1.29 is 37.1 Å². The summed E-state index contributed by atoms with van der Waals surface area (Å²) >= 11 is 6.31. The molecule has 2 aromatic carbocycles. The van der Waals surface area contributed by atoms with Crippen molar-refractivity contribution in [3.8, 4) is 23.8 Å². The van der Waals surface area contributed by atoms with Crippen molar-refractivity contribution in [3.05, 3.63) is 76.4 Å². The van der Waals surface area contributed by atoms with Crippen LogP contribution < -0.4 is 25.0 Å². The molecule has 0 radical (unpaired) electrons. The number of ether oxygens (including phenoxy) is 2. The Morgan fingerprint density at radius 1 is 0.983 bits per heavy atom. The first-order valence-electron chi connectivity index (χ1n) is 19.9. The Hall–Kier alpha value is -5.17. The van der Waals surface area contributed by atoms with E-state index in [-0.39, 0.29) is 52.2 Å². The van der Waals surface area contributed by atoms with Gasteiger partial charge in [0.15, 0.2) is 0 Å². The number of carbonyl (C=O) groups is 4. The van der Waals surface area contributed by atoms with Gasteiger partial charge in [0.2, 0.25) is 5.91 Å². The summed E-state index contributed by atoms with van der Waals surface area (Å²) < 4.78 is 39.4. The lowest BCUT2D eigenvalue weighted by molar-refractivity contribution is -0.164. The number of terminal acetylenes is 1. The maximum absolute atomic E-state index is 13.4. The summed E-state index contributed by atoms with van der Waals surface area (Å²) in [6.45, 7) is 13.0. The van der Waals surface area contributed by atoms with Crippen molar-refractivity contribution in [1.82, 2.24) is 24.8 Å². The Balaban J connectivity index is 0.816. The van der Waals surface area contributed by atoms with Gasteiger partial charge in [-0.1, -0.05) is 45.2 Å². The van der Waals surface area contributed by atoms with Gasteiger partial charge >= 0.3 is 0 Å². The number of aromatic nitrogens is 1. The summed E-state index contributed by atoms with van der Waals surface area (Å²) in [6, 6.07) is 11.9. The highest BCUT2D eigenvalue weighted by molar-refractivity contribution is 7.90. The van der Waals surface area contributed by atoms with Crippen LogP contribution >= 0.6 is 11.6 Å². The third-order valence-electron chi connectivity index (χ3n) is 12.0. The Bertz CT molecular complexity index is 2290. The minimum absolute atomic E-state index is 0.0203. The molecule has 4 heterocycles. The van der Waals surface area contributed by atoms with Crippen LogP contribution in [0.2, 0.25) is 5.02 Å². The second-order valence-corrected chi connectivity index (χ2v) is 18.9. The first kappa shape index (κ1) is 42.0. The van der Waals surface area contributed by atoms with Gasteiger partial charge in [-0.15, -0.1) is 6.42 Å². The highest BCUT2D eigenvalue weighted by atomic mass is 35.5. The van der Waals surface area contributed by atoms with Crippen molar-refractivity contribution in [3.63, 3.8) is 0 Å². The predicted octanol–water partition coefficient (Wildman–Crippen LogP) is 4.65. The molecule has 14 nitrogen and oxygen atoms in total. The van der Waals surface area contributed by atoms with Gasteiger partial charge in [0.1, 0.15) is 34.4 Å². The van der Waals surface area contributed by atoms with Gasteiger partial charge in [-0.3, -0.25) is 29.4 Å². The number of fused-ring (bicyclic) bond motifs is 1. The number of rotatable bonds is 13. The van der Waals surface area contributed by atoms with E-state index in [4.69, 9.17) is 27.5 Å². The van der Waals surface area contributed by atoms with E-state index in [0.717, 1.165) is 57.8 Å². The van der Waals surface area contributed by atoms with Crippen molar-refractivity contribution in [2.75, 3.05) is 44.2 Å². The highest BCUT2D eigenvalue weighted by Crippen LogP contribution is 2.55. The number of amides is 4. The van der Waals surface area contributed by atoms with Gasteiger partial charge in [-0.2, -0.15) is 0 Å². The zero-order valence-corrected chi connectivity index (χ0v) is 35.2. The first-order valence-corrected chi connectivity index (χ1v) is 21.7. The molecule has 16 heteroatoms. The fourth-order valence-corrected chi connectivity index (χ4v) is 11.1. The minimum Gasteiger partial charge on any atom is -0.494 e. The van der Waals surface area contributed by atoms with Crippen molar-refractivity contribution in [1.29, 1.82) is 0 Å². The number of piperidine rings is 1. The number of pyridine rings is 1. The number of nitrogens with one attached hydrogen (secondary N) is 2. The summed E-state index contributed by atoms with van der Waals surface area (Å²) in [5.41, 5.74) is 0.369. The minimum atomic E-state index is -4.28. The Kier molecular flexibility index (Phi) is 11.7. The van der Waals surface area contributed by atoms with Crippen LogP contribution in [0.4, 0.5) is 5.82 Å². The topological polar surface area (TPSA) is 168 Å². The van der Waals surface area contributed by atoms with E-state index in [1.54, 1.807) is 24.4 Å². The van der Waals surface area contributed by atoms with Crippen molar-refractivity contribution >= 4 is 51.1 Å². The molecule has 1 unspecified atom stereocenters. The third-order valence-corrected chi connectivity index (χ3v) is 14.1. The van der Waals surface area contributed by atoms with Gasteiger partial charge in [0, 0.05) is 73.4 Å². The molecule has 1 aliphatic carbocycles. The molecule has 59 heavy (non-hydrogen) atoms. The lowest BCUT2D eigenvalue weighted by atomic mass is 9.49. The molecule has 3 fully saturated rings. The van der Waals surface area contributed by atoms with Crippen LogP contribution in [0.25, 0.3) is 0 Å². The molecule has 4 amide bonds.